The number of amides is 1. The second kappa shape index (κ2) is 6.36. The van der Waals surface area contributed by atoms with Gasteiger partial charge in [0.2, 0.25) is 0 Å². The van der Waals surface area contributed by atoms with Gasteiger partial charge in [0.25, 0.3) is 5.91 Å². The third kappa shape index (κ3) is 3.48. The van der Waals surface area contributed by atoms with Crippen molar-refractivity contribution >= 4 is 34.6 Å². The maximum Gasteiger partial charge on any atom is 0.308 e. The van der Waals surface area contributed by atoms with Crippen molar-refractivity contribution in [2.75, 3.05) is 13.6 Å². The highest BCUT2D eigenvalue weighted by Gasteiger charge is 2.22. The van der Waals surface area contributed by atoms with Crippen LogP contribution in [0.5, 0.6) is 0 Å². The van der Waals surface area contributed by atoms with Crippen molar-refractivity contribution in [1.29, 1.82) is 0 Å². The first kappa shape index (κ1) is 15.7. The molecule has 0 aliphatic heterocycles. The molecule has 2 aromatic heterocycles. The van der Waals surface area contributed by atoms with Gasteiger partial charge in [0, 0.05) is 13.6 Å². The number of carbonyl (C=O) groups excluding carboxylic acids is 1. The van der Waals surface area contributed by atoms with Crippen molar-refractivity contribution in [3.8, 4) is 9.88 Å². The van der Waals surface area contributed by atoms with E-state index >= 15 is 0 Å². The van der Waals surface area contributed by atoms with Gasteiger partial charge in [0.1, 0.15) is 9.88 Å². The van der Waals surface area contributed by atoms with Crippen molar-refractivity contribution in [1.82, 2.24) is 9.88 Å². The molecule has 112 valence electrons. The van der Waals surface area contributed by atoms with Crippen molar-refractivity contribution in [2.45, 2.75) is 13.8 Å². The minimum Gasteiger partial charge on any atom is -0.481 e. The van der Waals surface area contributed by atoms with Crippen molar-refractivity contribution in [2.24, 2.45) is 5.92 Å². The highest BCUT2D eigenvalue weighted by molar-refractivity contribution is 7.22. The van der Waals surface area contributed by atoms with E-state index in [0.717, 1.165) is 9.88 Å². The number of carboxylic acids is 1. The Kier molecular flexibility index (Phi) is 4.74. The zero-order valence-electron chi connectivity index (χ0n) is 12.0. The molecule has 0 bridgehead atoms. The predicted octanol–water partition coefficient (Wildman–Crippen LogP) is 2.97. The molecule has 0 fully saturated rings. The molecular weight excluding hydrogens is 308 g/mol. The van der Waals surface area contributed by atoms with E-state index in [1.54, 1.807) is 32.2 Å². The van der Waals surface area contributed by atoms with Crippen LogP contribution in [-0.2, 0) is 4.79 Å². The van der Waals surface area contributed by atoms with Gasteiger partial charge in [0.15, 0.2) is 0 Å². The van der Waals surface area contributed by atoms with Gasteiger partial charge in [-0.3, -0.25) is 9.59 Å². The Labute approximate surface area is 130 Å². The molecule has 1 amide bonds. The Morgan fingerprint density at radius 2 is 2.19 bits per heavy atom. The Morgan fingerprint density at radius 3 is 2.76 bits per heavy atom. The van der Waals surface area contributed by atoms with Gasteiger partial charge in [0.05, 0.1) is 16.5 Å². The smallest absolute Gasteiger partial charge is 0.308 e. The molecule has 7 heteroatoms. The van der Waals surface area contributed by atoms with E-state index in [2.05, 4.69) is 4.98 Å². The molecule has 21 heavy (non-hydrogen) atoms. The number of carbonyl (C=O) groups is 2. The summed E-state index contributed by atoms with van der Waals surface area (Å²) in [5, 5.41) is 11.7. The zero-order valence-corrected chi connectivity index (χ0v) is 13.6. The first-order chi connectivity index (χ1) is 9.90. The third-order valence-corrected chi connectivity index (χ3v) is 5.22. The van der Waals surface area contributed by atoms with E-state index < -0.39 is 11.9 Å². The van der Waals surface area contributed by atoms with Gasteiger partial charge in [-0.15, -0.1) is 22.7 Å². The summed E-state index contributed by atoms with van der Waals surface area (Å²) in [6.45, 7) is 3.57. The fourth-order valence-corrected chi connectivity index (χ4v) is 3.70. The number of thiazole rings is 1. The average Bonchev–Trinajstić information content (AvgIpc) is 3.06. The highest BCUT2D eigenvalue weighted by Crippen LogP contribution is 2.31. The molecule has 0 aliphatic rings. The Morgan fingerprint density at radius 1 is 1.48 bits per heavy atom. The van der Waals surface area contributed by atoms with Crippen LogP contribution in [0.25, 0.3) is 9.88 Å². The standard InChI is InChI=1S/C14H16N2O3S2/c1-8(14(18)19)7-16(3)13(17)11-9(2)15-12(21-11)10-5-4-6-20-10/h4-6,8H,7H2,1-3H3,(H,18,19). The molecule has 2 heterocycles. The van der Waals surface area contributed by atoms with Gasteiger partial charge in [-0.1, -0.05) is 13.0 Å². The van der Waals surface area contributed by atoms with Gasteiger partial charge in [-0.2, -0.15) is 0 Å². The predicted molar refractivity (Wildman–Crippen MR) is 83.9 cm³/mol. The summed E-state index contributed by atoms with van der Waals surface area (Å²) in [5.41, 5.74) is 0.684. The summed E-state index contributed by atoms with van der Waals surface area (Å²) in [5.74, 6) is -1.68. The maximum absolute atomic E-state index is 12.4. The van der Waals surface area contributed by atoms with Crippen LogP contribution in [-0.4, -0.2) is 40.5 Å². The van der Waals surface area contributed by atoms with E-state index in [4.69, 9.17) is 5.11 Å². The largest absolute Gasteiger partial charge is 0.481 e. The van der Waals surface area contributed by atoms with Gasteiger partial charge < -0.3 is 10.0 Å². The van der Waals surface area contributed by atoms with Crippen LogP contribution >= 0.6 is 22.7 Å². The number of carboxylic acid groups (broad SMARTS) is 1. The Balaban J connectivity index is 2.18. The quantitative estimate of drug-likeness (QED) is 0.918. The minimum atomic E-state index is -0.907. The van der Waals surface area contributed by atoms with Crippen LogP contribution in [0.1, 0.15) is 22.3 Å². The second-order valence-corrected chi connectivity index (χ2v) is 6.78. The highest BCUT2D eigenvalue weighted by atomic mass is 32.1. The zero-order chi connectivity index (χ0) is 15.6. The molecule has 1 N–H and O–H groups in total. The van der Waals surface area contributed by atoms with E-state index in [1.807, 2.05) is 17.5 Å². The molecule has 0 aromatic carbocycles. The lowest BCUT2D eigenvalue weighted by Crippen LogP contribution is -2.33. The van der Waals surface area contributed by atoms with Crippen LogP contribution in [0.2, 0.25) is 0 Å². The molecule has 5 nitrogen and oxygen atoms in total. The van der Waals surface area contributed by atoms with Crippen LogP contribution < -0.4 is 0 Å². The maximum atomic E-state index is 12.4. The molecule has 1 atom stereocenters. The lowest BCUT2D eigenvalue weighted by molar-refractivity contribution is -0.141. The van der Waals surface area contributed by atoms with E-state index in [0.29, 0.717) is 10.6 Å². The number of aromatic nitrogens is 1. The molecule has 2 rings (SSSR count). The van der Waals surface area contributed by atoms with Crippen LogP contribution in [0.3, 0.4) is 0 Å². The van der Waals surface area contributed by atoms with Crippen molar-refractivity contribution in [3.63, 3.8) is 0 Å². The Hall–Kier alpha value is -1.73. The van der Waals surface area contributed by atoms with Crippen LogP contribution in [0, 0.1) is 12.8 Å². The Bertz CT molecular complexity index is 649. The molecule has 0 aliphatic carbocycles. The molecular formula is C14H16N2O3S2. The topological polar surface area (TPSA) is 70.5 Å². The molecule has 0 saturated carbocycles. The summed E-state index contributed by atoms with van der Waals surface area (Å²) in [6, 6.07) is 3.91. The minimum absolute atomic E-state index is 0.180. The first-order valence-corrected chi connectivity index (χ1v) is 8.09. The fourth-order valence-electron chi connectivity index (χ4n) is 1.85. The molecule has 2 aromatic rings. The normalized spacial score (nSPS) is 12.1. The number of hydrogen-bond donors (Lipinski definition) is 1. The van der Waals surface area contributed by atoms with Crippen LogP contribution in [0.15, 0.2) is 17.5 Å². The first-order valence-electron chi connectivity index (χ1n) is 6.39. The molecule has 0 radical (unpaired) electrons. The summed E-state index contributed by atoms with van der Waals surface area (Å²) in [4.78, 5) is 30.8. The lowest BCUT2D eigenvalue weighted by atomic mass is 10.2. The number of aliphatic carboxylic acids is 1. The monoisotopic (exact) mass is 324 g/mol. The number of thiophene rings is 1. The molecule has 0 saturated heterocycles. The van der Waals surface area contributed by atoms with Gasteiger partial charge in [-0.25, -0.2) is 4.98 Å². The second-order valence-electron chi connectivity index (χ2n) is 4.84. The van der Waals surface area contributed by atoms with E-state index in [-0.39, 0.29) is 12.5 Å². The fraction of sp³-hybridized carbons (Fsp3) is 0.357. The summed E-state index contributed by atoms with van der Waals surface area (Å²) < 4.78 is 0. The summed E-state index contributed by atoms with van der Waals surface area (Å²) >= 11 is 2.93. The van der Waals surface area contributed by atoms with Crippen LogP contribution in [0.4, 0.5) is 0 Å². The lowest BCUT2D eigenvalue weighted by Gasteiger charge is -2.18. The molecule has 0 spiro atoms. The van der Waals surface area contributed by atoms with Crippen molar-refractivity contribution in [3.05, 3.63) is 28.1 Å². The average molecular weight is 324 g/mol. The number of nitrogens with zero attached hydrogens (tertiary/aromatic N) is 2. The summed E-state index contributed by atoms with van der Waals surface area (Å²) in [6.07, 6.45) is 0. The third-order valence-electron chi connectivity index (χ3n) is 3.04. The van der Waals surface area contributed by atoms with E-state index in [9.17, 15) is 9.59 Å². The van der Waals surface area contributed by atoms with Gasteiger partial charge in [-0.05, 0) is 18.4 Å². The number of rotatable bonds is 5. The summed E-state index contributed by atoms with van der Waals surface area (Å²) in [7, 11) is 1.62. The SMILES string of the molecule is Cc1nc(-c2cccs2)sc1C(=O)N(C)CC(C)C(=O)O. The number of hydrogen-bond acceptors (Lipinski definition) is 5. The van der Waals surface area contributed by atoms with E-state index in [1.165, 1.54) is 16.2 Å². The molecule has 1 unspecified atom stereocenters. The van der Waals surface area contributed by atoms with Gasteiger partial charge >= 0.3 is 5.97 Å². The van der Waals surface area contributed by atoms with Crippen molar-refractivity contribution < 1.29 is 14.7 Å². The number of aryl methyl sites for hydroxylation is 1.